The van der Waals surface area contributed by atoms with Gasteiger partial charge in [0.05, 0.1) is 17.2 Å². The first-order chi connectivity index (χ1) is 12.9. The van der Waals surface area contributed by atoms with Gasteiger partial charge < -0.3 is 10.2 Å². The summed E-state index contributed by atoms with van der Waals surface area (Å²) in [4.78, 5) is 10.6. The Morgan fingerprint density at radius 1 is 1.22 bits per heavy atom. The maximum Gasteiger partial charge on any atom is 0.418 e. The number of nitrogens with zero attached hydrogens (tertiary/aromatic N) is 4. The lowest BCUT2D eigenvalue weighted by molar-refractivity contribution is -0.137. The molecule has 1 N–H and O–H groups in total. The Labute approximate surface area is 155 Å². The van der Waals surface area contributed by atoms with Gasteiger partial charge in [0.25, 0.3) is 0 Å². The van der Waals surface area contributed by atoms with Crippen molar-refractivity contribution in [1.29, 1.82) is 5.26 Å². The first-order valence-electron chi connectivity index (χ1n) is 8.84. The van der Waals surface area contributed by atoms with Gasteiger partial charge in [0.2, 0.25) is 0 Å². The van der Waals surface area contributed by atoms with Gasteiger partial charge in [-0.05, 0) is 37.5 Å². The third-order valence-corrected chi connectivity index (χ3v) is 4.70. The highest BCUT2D eigenvalue weighted by Gasteiger charge is 2.34. The molecular formula is C19H20F3N5. The van der Waals surface area contributed by atoms with E-state index in [4.69, 9.17) is 5.26 Å². The van der Waals surface area contributed by atoms with Gasteiger partial charge in [0, 0.05) is 36.6 Å². The molecular weight excluding hydrogens is 355 g/mol. The van der Waals surface area contributed by atoms with Crippen LogP contribution in [0.3, 0.4) is 0 Å². The second-order valence-corrected chi connectivity index (χ2v) is 6.50. The molecule has 0 atom stereocenters. The number of anilines is 2. The minimum Gasteiger partial charge on any atom is -0.382 e. The van der Waals surface area contributed by atoms with Gasteiger partial charge in [-0.15, -0.1) is 0 Å². The fraction of sp³-hybridized carbons (Fsp3) is 0.421. The van der Waals surface area contributed by atoms with Gasteiger partial charge in [-0.1, -0.05) is 6.92 Å². The van der Waals surface area contributed by atoms with E-state index in [-0.39, 0.29) is 17.3 Å². The van der Waals surface area contributed by atoms with Crippen LogP contribution in [0, 0.1) is 11.3 Å². The molecule has 0 amide bonds. The molecule has 5 nitrogen and oxygen atoms in total. The van der Waals surface area contributed by atoms with Crippen LogP contribution in [0.15, 0.2) is 30.6 Å². The van der Waals surface area contributed by atoms with Crippen molar-refractivity contribution in [3.05, 3.63) is 47.4 Å². The minimum absolute atomic E-state index is 0.00168. The van der Waals surface area contributed by atoms with Crippen LogP contribution in [0.4, 0.5) is 24.7 Å². The van der Waals surface area contributed by atoms with Crippen LogP contribution in [-0.4, -0.2) is 29.1 Å². The Kier molecular flexibility index (Phi) is 5.49. The average molecular weight is 375 g/mol. The zero-order valence-electron chi connectivity index (χ0n) is 14.9. The van der Waals surface area contributed by atoms with Crippen LogP contribution < -0.4 is 10.2 Å². The van der Waals surface area contributed by atoms with Gasteiger partial charge in [0.1, 0.15) is 12.1 Å². The van der Waals surface area contributed by atoms with Gasteiger partial charge in [-0.25, -0.2) is 9.97 Å². The molecule has 1 aromatic heterocycles. The van der Waals surface area contributed by atoms with E-state index in [1.165, 1.54) is 12.1 Å². The van der Waals surface area contributed by atoms with E-state index in [0.29, 0.717) is 25.9 Å². The number of halogens is 3. The maximum atomic E-state index is 13.3. The van der Waals surface area contributed by atoms with Crippen LogP contribution >= 0.6 is 0 Å². The van der Waals surface area contributed by atoms with Gasteiger partial charge in [0.15, 0.2) is 0 Å². The summed E-state index contributed by atoms with van der Waals surface area (Å²) in [5, 5.41) is 11.9. The first-order valence-corrected chi connectivity index (χ1v) is 8.84. The van der Waals surface area contributed by atoms with Crippen molar-refractivity contribution in [3.63, 3.8) is 0 Å². The highest BCUT2D eigenvalue weighted by Crippen LogP contribution is 2.36. The molecule has 2 aromatic rings. The molecule has 0 unspecified atom stereocenters. The molecule has 3 rings (SSSR count). The monoisotopic (exact) mass is 375 g/mol. The van der Waals surface area contributed by atoms with E-state index in [1.54, 1.807) is 12.4 Å². The third-order valence-electron chi connectivity index (χ3n) is 4.70. The number of hydrogen-bond donors (Lipinski definition) is 1. The van der Waals surface area contributed by atoms with Crippen molar-refractivity contribution in [2.24, 2.45) is 0 Å². The zero-order valence-corrected chi connectivity index (χ0v) is 14.9. The van der Waals surface area contributed by atoms with Gasteiger partial charge >= 0.3 is 6.18 Å². The first kappa shape index (κ1) is 19.0. The number of piperidine rings is 1. The van der Waals surface area contributed by atoms with Crippen LogP contribution in [-0.2, 0) is 12.6 Å². The van der Waals surface area contributed by atoms with Crippen LogP contribution in [0.1, 0.15) is 36.6 Å². The number of nitrogens with one attached hydrogen (secondary N) is 1. The van der Waals surface area contributed by atoms with Crippen molar-refractivity contribution < 1.29 is 13.2 Å². The number of benzene rings is 1. The van der Waals surface area contributed by atoms with E-state index >= 15 is 0 Å². The zero-order chi connectivity index (χ0) is 19.4. The van der Waals surface area contributed by atoms with Crippen LogP contribution in [0.25, 0.3) is 0 Å². The summed E-state index contributed by atoms with van der Waals surface area (Å²) in [5.41, 5.74) is 0.188. The largest absolute Gasteiger partial charge is 0.418 e. The topological polar surface area (TPSA) is 64.8 Å². The van der Waals surface area contributed by atoms with Crippen molar-refractivity contribution >= 4 is 11.5 Å². The molecule has 1 aromatic carbocycles. The molecule has 2 heterocycles. The summed E-state index contributed by atoms with van der Waals surface area (Å²) in [6.07, 6.45) is -0.740. The van der Waals surface area contributed by atoms with E-state index < -0.39 is 11.7 Å². The Bertz CT molecular complexity index is 836. The second kappa shape index (κ2) is 7.82. The Hall–Kier alpha value is -2.82. The van der Waals surface area contributed by atoms with E-state index in [9.17, 15) is 13.2 Å². The summed E-state index contributed by atoms with van der Waals surface area (Å²) >= 11 is 0. The van der Waals surface area contributed by atoms with E-state index in [0.717, 1.165) is 24.0 Å². The third kappa shape index (κ3) is 4.48. The fourth-order valence-electron chi connectivity index (χ4n) is 3.20. The van der Waals surface area contributed by atoms with E-state index in [1.807, 2.05) is 13.0 Å². The second-order valence-electron chi connectivity index (χ2n) is 6.50. The summed E-state index contributed by atoms with van der Waals surface area (Å²) in [5.74, 6) is 0.856. The molecule has 0 radical (unpaired) electrons. The lowest BCUT2D eigenvalue weighted by Gasteiger charge is -2.34. The van der Waals surface area contributed by atoms with E-state index in [2.05, 4.69) is 20.2 Å². The molecule has 0 aliphatic carbocycles. The summed E-state index contributed by atoms with van der Waals surface area (Å²) in [7, 11) is 0. The average Bonchev–Trinajstić information content (AvgIpc) is 2.68. The van der Waals surface area contributed by atoms with Crippen LogP contribution in [0.5, 0.6) is 0 Å². The molecule has 0 bridgehead atoms. The number of aryl methyl sites for hydroxylation is 1. The number of nitriles is 1. The molecule has 1 aliphatic heterocycles. The molecule has 27 heavy (non-hydrogen) atoms. The van der Waals surface area contributed by atoms with Crippen molar-refractivity contribution in [3.8, 4) is 6.07 Å². The quantitative estimate of drug-likeness (QED) is 0.875. The Balaban J connectivity index is 1.68. The maximum absolute atomic E-state index is 13.3. The predicted molar refractivity (Wildman–Crippen MR) is 96.4 cm³/mol. The normalized spacial score (nSPS) is 15.4. The van der Waals surface area contributed by atoms with Crippen molar-refractivity contribution in [2.45, 2.75) is 38.4 Å². The van der Waals surface area contributed by atoms with Crippen molar-refractivity contribution in [2.75, 3.05) is 23.3 Å². The SMILES string of the molecule is CCc1cc(N2CCC(Nc3ccc(C#N)cc3C(F)(F)F)CC2)ncn1. The molecule has 1 saturated heterocycles. The lowest BCUT2D eigenvalue weighted by atomic mass is 10.0. The highest BCUT2D eigenvalue weighted by atomic mass is 19.4. The van der Waals surface area contributed by atoms with Gasteiger partial charge in [-0.2, -0.15) is 18.4 Å². The molecule has 142 valence electrons. The number of hydrogen-bond acceptors (Lipinski definition) is 5. The lowest BCUT2D eigenvalue weighted by Crippen LogP contribution is -2.39. The minimum atomic E-state index is -4.51. The number of rotatable bonds is 4. The number of alkyl halides is 3. The molecule has 0 saturated carbocycles. The number of aromatic nitrogens is 2. The molecule has 1 aliphatic rings. The highest BCUT2D eigenvalue weighted by molar-refractivity contribution is 5.57. The predicted octanol–water partition coefficient (Wildman–Crippen LogP) is 4.01. The summed E-state index contributed by atoms with van der Waals surface area (Å²) in [6, 6.07) is 7.28. The fourth-order valence-corrected chi connectivity index (χ4v) is 3.20. The molecule has 1 fully saturated rings. The van der Waals surface area contributed by atoms with Gasteiger partial charge in [-0.3, -0.25) is 0 Å². The standard InChI is InChI=1S/C19H20F3N5/c1-2-14-10-18(25-12-24-14)27-7-5-15(6-8-27)26-17-4-3-13(11-23)9-16(17)19(20,21)22/h3-4,9-10,12,15,26H,2,5-8H2,1H3. The summed E-state index contributed by atoms with van der Waals surface area (Å²) < 4.78 is 39.9. The smallest absolute Gasteiger partial charge is 0.382 e. The van der Waals surface area contributed by atoms with Crippen LogP contribution in [0.2, 0.25) is 0 Å². The summed E-state index contributed by atoms with van der Waals surface area (Å²) in [6.45, 7) is 3.43. The molecule has 0 spiro atoms. The Morgan fingerprint density at radius 2 is 1.96 bits per heavy atom. The molecule has 8 heteroatoms. The Morgan fingerprint density at radius 3 is 2.59 bits per heavy atom. The van der Waals surface area contributed by atoms with Crippen molar-refractivity contribution in [1.82, 2.24) is 9.97 Å².